The highest BCUT2D eigenvalue weighted by Gasteiger charge is 2.25. The molecule has 1 aliphatic carbocycles. The van der Waals surface area contributed by atoms with Crippen LogP contribution in [0.2, 0.25) is 0 Å². The normalized spacial score (nSPS) is 22.5. The van der Waals surface area contributed by atoms with E-state index in [1.807, 2.05) is 18.8 Å². The van der Waals surface area contributed by atoms with Crippen LogP contribution in [0, 0.1) is 0 Å². The lowest BCUT2D eigenvalue weighted by Gasteiger charge is -2.18. The van der Waals surface area contributed by atoms with Gasteiger partial charge in [-0.3, -0.25) is 0 Å². The number of hydrogen-bond acceptors (Lipinski definition) is 5. The Labute approximate surface area is 120 Å². The van der Waals surface area contributed by atoms with Crippen molar-refractivity contribution in [3.8, 4) is 0 Å². The van der Waals surface area contributed by atoms with Gasteiger partial charge in [0.1, 0.15) is 18.0 Å². The Morgan fingerprint density at radius 2 is 2.11 bits per heavy atom. The van der Waals surface area contributed by atoms with Crippen molar-refractivity contribution in [3.05, 3.63) is 11.9 Å². The second-order valence-corrected chi connectivity index (χ2v) is 6.20. The summed E-state index contributed by atoms with van der Waals surface area (Å²) in [6.45, 7) is 2.19. The Hall–Kier alpha value is -0.970. The number of anilines is 2. The van der Waals surface area contributed by atoms with Crippen LogP contribution < -0.4 is 10.6 Å². The predicted molar refractivity (Wildman–Crippen MR) is 84.1 cm³/mol. The summed E-state index contributed by atoms with van der Waals surface area (Å²) in [5.41, 5.74) is 1.22. The zero-order valence-electron chi connectivity index (χ0n) is 12.1. The maximum atomic E-state index is 4.45. The Kier molecular flexibility index (Phi) is 5.31. The molecule has 2 rings (SSSR count). The van der Waals surface area contributed by atoms with Crippen LogP contribution in [0.5, 0.6) is 0 Å². The van der Waals surface area contributed by atoms with Crippen molar-refractivity contribution in [3.63, 3.8) is 0 Å². The summed E-state index contributed by atoms with van der Waals surface area (Å²) in [6, 6.07) is 0.563. The standard InChI is InChI=1S/C14H24N4S/c1-4-5-12-13(15-2)16-9-17-14(12)18-10-6-7-11(8-10)19-3/h9-11H,4-8H2,1-3H3,(H2,15,16,17,18). The van der Waals surface area contributed by atoms with E-state index in [0.717, 1.165) is 29.7 Å². The Bertz CT molecular complexity index is 410. The molecule has 0 aliphatic heterocycles. The molecular weight excluding hydrogens is 256 g/mol. The Morgan fingerprint density at radius 1 is 1.32 bits per heavy atom. The monoisotopic (exact) mass is 280 g/mol. The van der Waals surface area contributed by atoms with Crippen molar-refractivity contribution in [1.82, 2.24) is 9.97 Å². The summed E-state index contributed by atoms with van der Waals surface area (Å²) in [5, 5.41) is 7.60. The lowest BCUT2D eigenvalue weighted by molar-refractivity contribution is 0.746. The lowest BCUT2D eigenvalue weighted by atomic mass is 10.1. The fourth-order valence-electron chi connectivity index (χ4n) is 2.72. The summed E-state index contributed by atoms with van der Waals surface area (Å²) >= 11 is 1.98. The van der Waals surface area contributed by atoms with Gasteiger partial charge in [0.05, 0.1) is 0 Å². The molecule has 0 bridgehead atoms. The average Bonchev–Trinajstić information content (AvgIpc) is 2.88. The van der Waals surface area contributed by atoms with Crippen molar-refractivity contribution in [2.75, 3.05) is 23.9 Å². The highest BCUT2D eigenvalue weighted by molar-refractivity contribution is 7.99. The Balaban J connectivity index is 2.11. The van der Waals surface area contributed by atoms with Crippen molar-refractivity contribution < 1.29 is 0 Å². The highest BCUT2D eigenvalue weighted by Crippen LogP contribution is 2.31. The first-order chi connectivity index (χ1) is 9.28. The number of nitrogens with one attached hydrogen (secondary N) is 2. The molecule has 1 saturated carbocycles. The number of rotatable bonds is 6. The maximum Gasteiger partial charge on any atom is 0.134 e. The average molecular weight is 280 g/mol. The van der Waals surface area contributed by atoms with E-state index in [1.165, 1.54) is 24.8 Å². The minimum absolute atomic E-state index is 0.563. The molecule has 0 aromatic carbocycles. The molecule has 0 amide bonds. The molecule has 5 heteroatoms. The van der Waals surface area contributed by atoms with Gasteiger partial charge in [-0.25, -0.2) is 9.97 Å². The maximum absolute atomic E-state index is 4.45. The summed E-state index contributed by atoms with van der Waals surface area (Å²) < 4.78 is 0. The molecule has 2 unspecified atom stereocenters. The molecule has 4 nitrogen and oxygen atoms in total. The van der Waals surface area contributed by atoms with Gasteiger partial charge in [-0.2, -0.15) is 11.8 Å². The van der Waals surface area contributed by atoms with E-state index < -0.39 is 0 Å². The topological polar surface area (TPSA) is 49.8 Å². The number of hydrogen-bond donors (Lipinski definition) is 2. The van der Waals surface area contributed by atoms with Crippen LogP contribution in [-0.2, 0) is 6.42 Å². The third-order valence-corrected chi connectivity index (χ3v) is 4.84. The minimum atomic E-state index is 0.563. The van der Waals surface area contributed by atoms with Crippen molar-refractivity contribution in [2.24, 2.45) is 0 Å². The van der Waals surface area contributed by atoms with Crippen LogP contribution in [0.25, 0.3) is 0 Å². The van der Waals surface area contributed by atoms with Gasteiger partial charge in [-0.05, 0) is 31.9 Å². The van der Waals surface area contributed by atoms with Gasteiger partial charge >= 0.3 is 0 Å². The predicted octanol–water partition coefficient (Wildman–Crippen LogP) is 3.17. The highest BCUT2D eigenvalue weighted by atomic mass is 32.2. The largest absolute Gasteiger partial charge is 0.373 e. The van der Waals surface area contributed by atoms with Gasteiger partial charge in [0.25, 0.3) is 0 Å². The molecule has 2 atom stereocenters. The zero-order chi connectivity index (χ0) is 13.7. The SMILES string of the molecule is CCCc1c(NC)ncnc1NC1CCC(SC)C1. The first-order valence-corrected chi connectivity index (χ1v) is 8.38. The molecule has 1 fully saturated rings. The second kappa shape index (κ2) is 6.98. The smallest absolute Gasteiger partial charge is 0.134 e. The van der Waals surface area contributed by atoms with Crippen LogP contribution in [0.1, 0.15) is 38.2 Å². The molecule has 106 valence electrons. The van der Waals surface area contributed by atoms with Crippen LogP contribution in [0.4, 0.5) is 11.6 Å². The summed E-state index contributed by atoms with van der Waals surface area (Å²) in [6.07, 6.45) is 9.77. The van der Waals surface area contributed by atoms with Crippen LogP contribution in [-0.4, -0.2) is 34.6 Å². The van der Waals surface area contributed by atoms with Gasteiger partial charge in [0.2, 0.25) is 0 Å². The van der Waals surface area contributed by atoms with E-state index in [2.05, 4.69) is 33.8 Å². The second-order valence-electron chi connectivity index (χ2n) is 5.06. The summed E-state index contributed by atoms with van der Waals surface area (Å²) in [4.78, 5) is 8.77. The lowest BCUT2D eigenvalue weighted by Crippen LogP contribution is -2.19. The Morgan fingerprint density at radius 3 is 2.74 bits per heavy atom. The molecule has 1 heterocycles. The van der Waals surface area contributed by atoms with Crippen LogP contribution >= 0.6 is 11.8 Å². The van der Waals surface area contributed by atoms with E-state index in [-0.39, 0.29) is 0 Å². The van der Waals surface area contributed by atoms with Crippen molar-refractivity contribution in [1.29, 1.82) is 0 Å². The van der Waals surface area contributed by atoms with Gasteiger partial charge in [0, 0.05) is 23.9 Å². The number of aromatic nitrogens is 2. The van der Waals surface area contributed by atoms with Gasteiger partial charge in [-0.1, -0.05) is 13.3 Å². The van der Waals surface area contributed by atoms with Gasteiger partial charge in [-0.15, -0.1) is 0 Å². The van der Waals surface area contributed by atoms with Crippen molar-refractivity contribution >= 4 is 23.4 Å². The molecule has 1 aromatic rings. The third-order valence-electron chi connectivity index (χ3n) is 3.74. The van der Waals surface area contributed by atoms with E-state index in [4.69, 9.17) is 0 Å². The zero-order valence-corrected chi connectivity index (χ0v) is 12.9. The molecule has 1 aromatic heterocycles. The van der Waals surface area contributed by atoms with E-state index in [0.29, 0.717) is 6.04 Å². The van der Waals surface area contributed by atoms with Gasteiger partial charge < -0.3 is 10.6 Å². The molecule has 19 heavy (non-hydrogen) atoms. The van der Waals surface area contributed by atoms with Gasteiger partial charge in [0.15, 0.2) is 0 Å². The molecule has 0 spiro atoms. The quantitative estimate of drug-likeness (QED) is 0.838. The van der Waals surface area contributed by atoms with E-state index in [1.54, 1.807) is 6.33 Å². The first-order valence-electron chi connectivity index (χ1n) is 7.09. The first kappa shape index (κ1) is 14.4. The molecular formula is C14H24N4S. The minimum Gasteiger partial charge on any atom is -0.373 e. The van der Waals surface area contributed by atoms with Crippen LogP contribution in [0.15, 0.2) is 6.33 Å². The fraction of sp³-hybridized carbons (Fsp3) is 0.714. The summed E-state index contributed by atoms with van der Waals surface area (Å²) in [7, 11) is 1.92. The number of thioether (sulfide) groups is 1. The van der Waals surface area contributed by atoms with Crippen molar-refractivity contribution in [2.45, 2.75) is 50.3 Å². The van der Waals surface area contributed by atoms with Crippen LogP contribution in [0.3, 0.4) is 0 Å². The summed E-state index contributed by atoms with van der Waals surface area (Å²) in [5.74, 6) is 1.98. The van der Waals surface area contributed by atoms with E-state index in [9.17, 15) is 0 Å². The van der Waals surface area contributed by atoms with E-state index >= 15 is 0 Å². The fourth-order valence-corrected chi connectivity index (χ4v) is 3.51. The molecule has 2 N–H and O–H groups in total. The third kappa shape index (κ3) is 3.53. The molecule has 1 aliphatic rings. The molecule has 0 saturated heterocycles. The number of nitrogens with zero attached hydrogens (tertiary/aromatic N) is 2. The molecule has 0 radical (unpaired) electrons.